The Kier molecular flexibility index (Phi) is 4.54. The number of carbonyl (C=O) groups excluding carboxylic acids is 4. The summed E-state index contributed by atoms with van der Waals surface area (Å²) in [6.45, 7) is 2.20. The average molecular weight is 450 g/mol. The predicted molar refractivity (Wildman–Crippen MR) is 111 cm³/mol. The molecule has 11 nitrogen and oxygen atoms in total. The molecule has 33 heavy (non-hydrogen) atoms. The van der Waals surface area contributed by atoms with E-state index in [9.17, 15) is 19.2 Å². The van der Waals surface area contributed by atoms with Gasteiger partial charge in [0.2, 0.25) is 11.8 Å². The van der Waals surface area contributed by atoms with E-state index < -0.39 is 11.9 Å². The number of aromatic nitrogens is 3. The minimum absolute atomic E-state index is 0.101. The van der Waals surface area contributed by atoms with Crippen molar-refractivity contribution in [1.82, 2.24) is 30.1 Å². The molecule has 6 rings (SSSR count). The minimum atomic E-state index is -0.662. The molecule has 170 valence electrons. The van der Waals surface area contributed by atoms with Crippen molar-refractivity contribution in [3.8, 4) is 5.69 Å². The Morgan fingerprint density at radius 1 is 1.18 bits per heavy atom. The summed E-state index contributed by atoms with van der Waals surface area (Å²) in [5.74, 6) is -0.777. The van der Waals surface area contributed by atoms with Crippen LogP contribution in [-0.4, -0.2) is 80.3 Å². The number of hydrogen-bond acceptors (Lipinski definition) is 7. The predicted octanol–water partition coefficient (Wildman–Crippen LogP) is -0.111. The Hall–Kier alpha value is -3.60. The Morgan fingerprint density at radius 2 is 2.06 bits per heavy atom. The number of nitrogens with zero attached hydrogens (tertiary/aromatic N) is 5. The highest BCUT2D eigenvalue weighted by atomic mass is 16.5. The van der Waals surface area contributed by atoms with Crippen molar-refractivity contribution < 1.29 is 23.9 Å². The Morgan fingerprint density at radius 3 is 2.88 bits per heavy atom. The van der Waals surface area contributed by atoms with Crippen molar-refractivity contribution in [2.24, 2.45) is 5.92 Å². The Labute approximate surface area is 188 Å². The smallest absolute Gasteiger partial charge is 0.276 e. The van der Waals surface area contributed by atoms with Crippen LogP contribution in [0.25, 0.3) is 5.69 Å². The largest absolute Gasteiger partial charge is 0.376 e. The second kappa shape index (κ2) is 7.48. The molecule has 1 aromatic carbocycles. The third-order valence-corrected chi connectivity index (χ3v) is 6.84. The number of hydrogen-bond donors (Lipinski definition) is 1. The molecule has 3 atom stereocenters. The zero-order chi connectivity index (χ0) is 22.7. The van der Waals surface area contributed by atoms with Crippen molar-refractivity contribution in [2.75, 3.05) is 19.7 Å². The first-order valence-corrected chi connectivity index (χ1v) is 11.1. The fourth-order valence-electron chi connectivity index (χ4n) is 5.19. The van der Waals surface area contributed by atoms with Gasteiger partial charge in [-0.1, -0.05) is 5.21 Å². The van der Waals surface area contributed by atoms with Crippen LogP contribution in [0.5, 0.6) is 0 Å². The molecule has 11 heteroatoms. The normalized spacial score (nSPS) is 26.5. The molecule has 2 bridgehead atoms. The standard InChI is InChI=1S/C22H22N6O5/c29-19-4-3-18(20(30)23-19)27-8-13-6-14(1-2-16(13)21(27)31)28-10-17(24-25-28)22(32)26-7-12-5-15(9-26)33-11-12/h1-2,6,10,12,15,18H,3-5,7-9,11H2,(H,23,29,30). The van der Waals surface area contributed by atoms with E-state index in [2.05, 4.69) is 15.6 Å². The van der Waals surface area contributed by atoms with Crippen molar-refractivity contribution in [3.05, 3.63) is 41.2 Å². The van der Waals surface area contributed by atoms with Gasteiger partial charge in [-0.3, -0.25) is 24.5 Å². The SMILES string of the molecule is O=C1CCC(N2Cc3cc(-n4cc(C(=O)N5CC6COC(C6)C5)nn4)ccc3C2=O)C(=O)N1. The third kappa shape index (κ3) is 3.39. The quantitative estimate of drug-likeness (QED) is 0.647. The number of carbonyl (C=O) groups is 4. The average Bonchev–Trinajstić information content (AvgIpc) is 3.51. The fraction of sp³-hybridized carbons (Fsp3) is 0.455. The van der Waals surface area contributed by atoms with Crippen LogP contribution in [0.3, 0.4) is 0 Å². The summed E-state index contributed by atoms with van der Waals surface area (Å²) < 4.78 is 7.19. The van der Waals surface area contributed by atoms with Crippen LogP contribution in [0.15, 0.2) is 24.4 Å². The van der Waals surface area contributed by atoms with Gasteiger partial charge in [0.25, 0.3) is 11.8 Å². The molecule has 2 aromatic rings. The van der Waals surface area contributed by atoms with Crippen LogP contribution in [0.2, 0.25) is 0 Å². The lowest BCUT2D eigenvalue weighted by molar-refractivity contribution is -0.136. The van der Waals surface area contributed by atoms with Gasteiger partial charge in [-0.15, -0.1) is 5.10 Å². The molecule has 0 aliphatic carbocycles. The third-order valence-electron chi connectivity index (χ3n) is 6.84. The number of rotatable bonds is 3. The van der Waals surface area contributed by atoms with Gasteiger partial charge in [0.05, 0.1) is 24.6 Å². The number of benzene rings is 1. The topological polar surface area (TPSA) is 127 Å². The molecule has 5 heterocycles. The summed E-state index contributed by atoms with van der Waals surface area (Å²) in [4.78, 5) is 52.7. The molecular formula is C22H22N6O5. The summed E-state index contributed by atoms with van der Waals surface area (Å²) in [5.41, 5.74) is 2.21. The summed E-state index contributed by atoms with van der Waals surface area (Å²) in [7, 11) is 0. The lowest BCUT2D eigenvalue weighted by atomic mass is 10.00. The highest BCUT2D eigenvalue weighted by Crippen LogP contribution is 2.30. The summed E-state index contributed by atoms with van der Waals surface area (Å²) in [6.07, 6.45) is 3.22. The van der Waals surface area contributed by atoms with E-state index in [0.29, 0.717) is 43.3 Å². The molecule has 3 fully saturated rings. The molecule has 3 saturated heterocycles. The minimum Gasteiger partial charge on any atom is -0.376 e. The number of likely N-dealkylation sites (tertiary alicyclic amines) is 1. The van der Waals surface area contributed by atoms with Crippen molar-refractivity contribution in [2.45, 2.75) is 38.0 Å². The highest BCUT2D eigenvalue weighted by Gasteiger charge is 2.39. The van der Waals surface area contributed by atoms with Gasteiger partial charge >= 0.3 is 0 Å². The molecule has 4 aliphatic heterocycles. The van der Waals surface area contributed by atoms with Gasteiger partial charge in [-0.25, -0.2) is 4.68 Å². The van der Waals surface area contributed by atoms with Crippen LogP contribution < -0.4 is 5.32 Å². The van der Waals surface area contributed by atoms with Crippen LogP contribution in [-0.2, 0) is 20.9 Å². The summed E-state index contributed by atoms with van der Waals surface area (Å²) >= 11 is 0. The summed E-state index contributed by atoms with van der Waals surface area (Å²) in [5, 5.41) is 10.5. The molecule has 3 unspecified atom stereocenters. The zero-order valence-corrected chi connectivity index (χ0v) is 17.8. The maximum Gasteiger partial charge on any atom is 0.276 e. The molecule has 0 radical (unpaired) electrons. The second-order valence-electron chi connectivity index (χ2n) is 9.06. The Bertz CT molecular complexity index is 1180. The number of amides is 4. The van der Waals surface area contributed by atoms with Crippen LogP contribution >= 0.6 is 0 Å². The Balaban J connectivity index is 1.20. The fourth-order valence-corrected chi connectivity index (χ4v) is 5.19. The van der Waals surface area contributed by atoms with E-state index in [-0.39, 0.29) is 42.5 Å². The van der Waals surface area contributed by atoms with E-state index in [1.807, 2.05) is 6.07 Å². The lowest BCUT2D eigenvalue weighted by Crippen LogP contribution is -2.52. The highest BCUT2D eigenvalue weighted by molar-refractivity contribution is 6.05. The molecule has 1 N–H and O–H groups in total. The van der Waals surface area contributed by atoms with Gasteiger partial charge in [-0.05, 0) is 36.6 Å². The number of piperidine rings is 2. The lowest BCUT2D eigenvalue weighted by Gasteiger charge is -2.29. The number of nitrogens with one attached hydrogen (secondary N) is 1. The van der Waals surface area contributed by atoms with Gasteiger partial charge < -0.3 is 14.5 Å². The molecule has 0 spiro atoms. The zero-order valence-electron chi connectivity index (χ0n) is 17.8. The first-order chi connectivity index (χ1) is 16.0. The van der Waals surface area contributed by atoms with Gasteiger partial charge in [0, 0.05) is 37.5 Å². The molecule has 0 saturated carbocycles. The van der Waals surface area contributed by atoms with E-state index in [1.54, 1.807) is 23.2 Å². The molecule has 1 aromatic heterocycles. The number of imide groups is 1. The van der Waals surface area contributed by atoms with Gasteiger partial charge in [0.15, 0.2) is 5.69 Å². The molecule has 4 aliphatic rings. The van der Waals surface area contributed by atoms with Crippen LogP contribution in [0.1, 0.15) is 45.7 Å². The first kappa shape index (κ1) is 20.0. The molecule has 4 amide bonds. The van der Waals surface area contributed by atoms with Crippen LogP contribution in [0, 0.1) is 5.92 Å². The van der Waals surface area contributed by atoms with E-state index in [1.165, 1.54) is 9.58 Å². The van der Waals surface area contributed by atoms with E-state index in [4.69, 9.17) is 4.74 Å². The number of ether oxygens (including phenoxy) is 1. The number of fused-ring (bicyclic) bond motifs is 3. The van der Waals surface area contributed by atoms with Crippen LogP contribution in [0.4, 0.5) is 0 Å². The van der Waals surface area contributed by atoms with Crippen molar-refractivity contribution in [1.29, 1.82) is 0 Å². The van der Waals surface area contributed by atoms with Gasteiger partial charge in [-0.2, -0.15) is 0 Å². The molecular weight excluding hydrogens is 428 g/mol. The van der Waals surface area contributed by atoms with E-state index in [0.717, 1.165) is 12.0 Å². The maximum atomic E-state index is 12.9. The second-order valence-corrected chi connectivity index (χ2v) is 9.06. The van der Waals surface area contributed by atoms with E-state index >= 15 is 0 Å². The van der Waals surface area contributed by atoms with Crippen molar-refractivity contribution >= 4 is 23.6 Å². The maximum absolute atomic E-state index is 12.9. The first-order valence-electron chi connectivity index (χ1n) is 11.1. The van der Waals surface area contributed by atoms with Crippen molar-refractivity contribution in [3.63, 3.8) is 0 Å². The monoisotopic (exact) mass is 450 g/mol. The summed E-state index contributed by atoms with van der Waals surface area (Å²) in [6, 6.07) is 4.59. The van der Waals surface area contributed by atoms with Gasteiger partial charge in [0.1, 0.15) is 6.04 Å².